The van der Waals surface area contributed by atoms with Crippen molar-refractivity contribution in [3.63, 3.8) is 0 Å². The van der Waals surface area contributed by atoms with Gasteiger partial charge in [0.15, 0.2) is 0 Å². The normalized spacial score (nSPS) is 17.2. The highest BCUT2D eigenvalue weighted by atomic mass is 16.5. The van der Waals surface area contributed by atoms with E-state index in [9.17, 15) is 0 Å². The van der Waals surface area contributed by atoms with E-state index in [-0.39, 0.29) is 0 Å². The summed E-state index contributed by atoms with van der Waals surface area (Å²) < 4.78 is 5.16. The van der Waals surface area contributed by atoms with Gasteiger partial charge in [-0.15, -0.1) is 0 Å². The van der Waals surface area contributed by atoms with E-state index in [1.54, 1.807) is 7.11 Å². The first-order chi connectivity index (χ1) is 8.33. The van der Waals surface area contributed by atoms with Gasteiger partial charge in [-0.3, -0.25) is 0 Å². The Morgan fingerprint density at radius 3 is 2.88 bits per heavy atom. The number of nitrogens with one attached hydrogen (secondary N) is 1. The van der Waals surface area contributed by atoms with Crippen LogP contribution in [0.5, 0.6) is 5.88 Å². The molecular formula is C13H21N3O. The van der Waals surface area contributed by atoms with Crippen molar-refractivity contribution < 1.29 is 4.74 Å². The average Bonchev–Trinajstić information content (AvgIpc) is 2.40. The lowest BCUT2D eigenvalue weighted by atomic mass is 10.0. The molecule has 4 nitrogen and oxygen atoms in total. The van der Waals surface area contributed by atoms with Gasteiger partial charge in [-0.1, -0.05) is 6.92 Å². The highest BCUT2D eigenvalue weighted by Gasteiger charge is 2.18. The van der Waals surface area contributed by atoms with E-state index in [2.05, 4.69) is 28.2 Å². The smallest absolute Gasteiger partial charge is 0.214 e. The van der Waals surface area contributed by atoms with Crippen molar-refractivity contribution in [1.29, 1.82) is 0 Å². The maximum Gasteiger partial charge on any atom is 0.214 e. The van der Waals surface area contributed by atoms with Crippen LogP contribution in [0.4, 0.5) is 5.69 Å². The van der Waals surface area contributed by atoms with Crippen LogP contribution in [-0.2, 0) is 0 Å². The molecule has 0 unspecified atom stereocenters. The average molecular weight is 235 g/mol. The van der Waals surface area contributed by atoms with E-state index < -0.39 is 0 Å². The molecule has 1 aromatic rings. The lowest BCUT2D eigenvalue weighted by Crippen LogP contribution is -2.42. The zero-order chi connectivity index (χ0) is 12.1. The summed E-state index contributed by atoms with van der Waals surface area (Å²) in [5.41, 5.74) is 1.21. The van der Waals surface area contributed by atoms with Gasteiger partial charge < -0.3 is 15.0 Å². The molecule has 0 saturated carbocycles. The Labute approximate surface area is 103 Å². The third kappa shape index (κ3) is 3.09. The number of aromatic nitrogens is 1. The molecule has 1 aliphatic rings. The summed E-state index contributed by atoms with van der Waals surface area (Å²) in [6, 6.07) is 4.74. The van der Waals surface area contributed by atoms with Crippen LogP contribution in [-0.4, -0.2) is 37.8 Å². The summed E-state index contributed by atoms with van der Waals surface area (Å²) >= 11 is 0. The van der Waals surface area contributed by atoms with Crippen LogP contribution in [0, 0.1) is 0 Å². The zero-order valence-electron chi connectivity index (χ0n) is 10.6. The molecule has 2 rings (SSSR count). The Bertz CT molecular complexity index is 348. The fraction of sp³-hybridized carbons (Fsp3) is 0.615. The largest absolute Gasteiger partial charge is 0.481 e. The van der Waals surface area contributed by atoms with Gasteiger partial charge >= 0.3 is 0 Å². The van der Waals surface area contributed by atoms with Gasteiger partial charge in [0.25, 0.3) is 0 Å². The van der Waals surface area contributed by atoms with Crippen molar-refractivity contribution in [2.45, 2.75) is 25.8 Å². The number of nitrogens with zero attached hydrogens (tertiary/aromatic N) is 2. The second kappa shape index (κ2) is 5.87. The van der Waals surface area contributed by atoms with Crippen LogP contribution in [0.15, 0.2) is 18.3 Å². The molecule has 1 aliphatic heterocycles. The summed E-state index contributed by atoms with van der Waals surface area (Å²) in [4.78, 5) is 6.54. The van der Waals surface area contributed by atoms with Gasteiger partial charge in [0.05, 0.1) is 7.11 Å². The minimum atomic E-state index is 0.681. The summed E-state index contributed by atoms with van der Waals surface area (Å²) in [6.45, 7) is 5.43. The Morgan fingerprint density at radius 2 is 2.24 bits per heavy atom. The fourth-order valence-electron chi connectivity index (χ4n) is 2.34. The van der Waals surface area contributed by atoms with E-state index in [0.29, 0.717) is 11.9 Å². The van der Waals surface area contributed by atoms with E-state index in [1.165, 1.54) is 18.5 Å². The van der Waals surface area contributed by atoms with E-state index in [0.717, 1.165) is 19.6 Å². The highest BCUT2D eigenvalue weighted by Crippen LogP contribution is 2.22. The van der Waals surface area contributed by atoms with Crippen LogP contribution in [0.25, 0.3) is 0 Å². The quantitative estimate of drug-likeness (QED) is 0.861. The number of methoxy groups -OCH3 is 1. The fourth-order valence-corrected chi connectivity index (χ4v) is 2.34. The van der Waals surface area contributed by atoms with Gasteiger partial charge in [-0.25, -0.2) is 4.98 Å². The molecule has 1 saturated heterocycles. The Kier molecular flexibility index (Phi) is 4.20. The van der Waals surface area contributed by atoms with Crippen LogP contribution in [0.3, 0.4) is 0 Å². The Balaban J connectivity index is 1.95. The molecule has 17 heavy (non-hydrogen) atoms. The Morgan fingerprint density at radius 1 is 1.47 bits per heavy atom. The lowest BCUT2D eigenvalue weighted by Gasteiger charge is -2.33. The summed E-state index contributed by atoms with van der Waals surface area (Å²) in [5.74, 6) is 0.691. The monoisotopic (exact) mass is 235 g/mol. The van der Waals surface area contributed by atoms with Crippen LogP contribution < -0.4 is 15.0 Å². The molecule has 0 bridgehead atoms. The molecule has 4 heteroatoms. The lowest BCUT2D eigenvalue weighted by molar-refractivity contribution is 0.396. The van der Waals surface area contributed by atoms with Gasteiger partial charge in [0.2, 0.25) is 5.88 Å². The minimum absolute atomic E-state index is 0.681. The van der Waals surface area contributed by atoms with Gasteiger partial charge in [-0.2, -0.15) is 0 Å². The standard InChI is InChI=1S/C13H21N3O/c1-3-14-11-5-8-16(9-6-11)12-4-7-15-13(10-12)17-2/h4,7,10-11,14H,3,5-6,8-9H2,1-2H3. The number of hydrogen-bond acceptors (Lipinski definition) is 4. The first kappa shape index (κ1) is 12.2. The van der Waals surface area contributed by atoms with Crippen molar-refractivity contribution in [3.05, 3.63) is 18.3 Å². The van der Waals surface area contributed by atoms with Gasteiger partial charge in [0, 0.05) is 37.1 Å². The predicted octanol–water partition coefficient (Wildman–Crippen LogP) is 1.67. The minimum Gasteiger partial charge on any atom is -0.481 e. The van der Waals surface area contributed by atoms with Crippen molar-refractivity contribution in [3.8, 4) is 5.88 Å². The topological polar surface area (TPSA) is 37.4 Å². The number of piperidine rings is 1. The maximum absolute atomic E-state index is 5.16. The number of ether oxygens (including phenoxy) is 1. The van der Waals surface area contributed by atoms with E-state index in [1.807, 2.05) is 12.3 Å². The van der Waals surface area contributed by atoms with E-state index in [4.69, 9.17) is 4.74 Å². The number of hydrogen-bond donors (Lipinski definition) is 1. The van der Waals surface area contributed by atoms with Gasteiger partial charge in [0.1, 0.15) is 0 Å². The first-order valence-corrected chi connectivity index (χ1v) is 6.32. The third-order valence-corrected chi connectivity index (χ3v) is 3.28. The predicted molar refractivity (Wildman–Crippen MR) is 69.7 cm³/mol. The highest BCUT2D eigenvalue weighted by molar-refractivity contribution is 5.48. The third-order valence-electron chi connectivity index (χ3n) is 3.28. The molecule has 0 aliphatic carbocycles. The number of anilines is 1. The molecule has 1 aromatic heterocycles. The van der Waals surface area contributed by atoms with E-state index >= 15 is 0 Å². The molecule has 0 radical (unpaired) electrons. The maximum atomic E-state index is 5.16. The molecule has 0 amide bonds. The van der Waals surface area contributed by atoms with Crippen molar-refractivity contribution in [1.82, 2.24) is 10.3 Å². The summed E-state index contributed by atoms with van der Waals surface area (Å²) in [6.07, 6.45) is 4.22. The van der Waals surface area contributed by atoms with Crippen LogP contribution in [0.1, 0.15) is 19.8 Å². The molecule has 1 N–H and O–H groups in total. The summed E-state index contributed by atoms with van der Waals surface area (Å²) in [5, 5.41) is 3.52. The molecule has 1 fully saturated rings. The van der Waals surface area contributed by atoms with Crippen molar-refractivity contribution in [2.24, 2.45) is 0 Å². The first-order valence-electron chi connectivity index (χ1n) is 6.32. The number of pyridine rings is 1. The SMILES string of the molecule is CCNC1CCN(c2ccnc(OC)c2)CC1. The van der Waals surface area contributed by atoms with Crippen LogP contribution >= 0.6 is 0 Å². The van der Waals surface area contributed by atoms with Gasteiger partial charge in [-0.05, 0) is 25.5 Å². The molecule has 2 heterocycles. The summed E-state index contributed by atoms with van der Waals surface area (Å²) in [7, 11) is 1.66. The molecule has 94 valence electrons. The van der Waals surface area contributed by atoms with Crippen molar-refractivity contribution >= 4 is 5.69 Å². The molecule has 0 spiro atoms. The van der Waals surface area contributed by atoms with Crippen LogP contribution in [0.2, 0.25) is 0 Å². The Hall–Kier alpha value is -1.29. The van der Waals surface area contributed by atoms with Crippen molar-refractivity contribution in [2.75, 3.05) is 31.6 Å². The second-order valence-electron chi connectivity index (χ2n) is 4.38. The molecule has 0 atom stereocenters. The zero-order valence-corrected chi connectivity index (χ0v) is 10.6. The molecule has 0 aromatic carbocycles. The molecular weight excluding hydrogens is 214 g/mol. The number of rotatable bonds is 4. The second-order valence-corrected chi connectivity index (χ2v) is 4.38.